The lowest BCUT2D eigenvalue weighted by Crippen LogP contribution is -2.41. The molecule has 1 saturated carbocycles. The minimum absolute atomic E-state index is 0.00300. The maximum absolute atomic E-state index is 12.9. The standard InChI is InChI=1S/C22H26N4O4/c1-13(17-9-16(29-2)6-7-19(17)30-3)25-22(28)15-8-18-21(23-10-15)24-11-20(27)26(18)12-14-4-5-14/h6-10,13-14H,4-5,11-12H2,1-3H3,(H,23,24)(H,25,28). The Balaban J connectivity index is 1.55. The Bertz CT molecular complexity index is 974. The molecule has 2 aromatic rings. The van der Waals surface area contributed by atoms with Crippen molar-refractivity contribution in [2.45, 2.75) is 25.8 Å². The number of rotatable bonds is 7. The molecule has 1 unspecified atom stereocenters. The second-order valence-corrected chi connectivity index (χ2v) is 7.70. The van der Waals surface area contributed by atoms with Crippen molar-refractivity contribution in [1.29, 1.82) is 0 Å². The first-order valence-corrected chi connectivity index (χ1v) is 10.1. The van der Waals surface area contributed by atoms with E-state index in [0.717, 1.165) is 18.4 Å². The molecule has 0 radical (unpaired) electrons. The Kier molecular flexibility index (Phi) is 5.48. The van der Waals surface area contributed by atoms with E-state index in [4.69, 9.17) is 9.47 Å². The summed E-state index contributed by atoms with van der Waals surface area (Å²) in [6.45, 7) is 2.79. The molecule has 1 atom stereocenters. The number of anilines is 2. The van der Waals surface area contributed by atoms with Gasteiger partial charge >= 0.3 is 0 Å². The molecule has 30 heavy (non-hydrogen) atoms. The Hall–Kier alpha value is -3.29. The molecule has 8 nitrogen and oxygen atoms in total. The van der Waals surface area contributed by atoms with Crippen LogP contribution in [-0.4, -0.2) is 44.1 Å². The van der Waals surface area contributed by atoms with Crippen molar-refractivity contribution in [3.63, 3.8) is 0 Å². The zero-order chi connectivity index (χ0) is 21.3. The van der Waals surface area contributed by atoms with Gasteiger partial charge in [-0.2, -0.15) is 0 Å². The highest BCUT2D eigenvalue weighted by molar-refractivity contribution is 6.04. The van der Waals surface area contributed by atoms with Crippen molar-refractivity contribution >= 4 is 23.3 Å². The van der Waals surface area contributed by atoms with E-state index in [1.807, 2.05) is 25.1 Å². The summed E-state index contributed by atoms with van der Waals surface area (Å²) in [7, 11) is 3.18. The lowest BCUT2D eigenvalue weighted by Gasteiger charge is -2.29. The highest BCUT2D eigenvalue weighted by Gasteiger charge is 2.32. The van der Waals surface area contributed by atoms with Crippen LogP contribution >= 0.6 is 0 Å². The van der Waals surface area contributed by atoms with Crippen molar-refractivity contribution in [1.82, 2.24) is 10.3 Å². The zero-order valence-electron chi connectivity index (χ0n) is 17.4. The van der Waals surface area contributed by atoms with Crippen molar-refractivity contribution in [2.24, 2.45) is 5.92 Å². The average molecular weight is 410 g/mol. The number of carbonyl (C=O) groups excluding carboxylic acids is 2. The summed E-state index contributed by atoms with van der Waals surface area (Å²) in [6, 6.07) is 6.88. The van der Waals surface area contributed by atoms with Crippen LogP contribution in [0.15, 0.2) is 30.5 Å². The summed E-state index contributed by atoms with van der Waals surface area (Å²) in [5.74, 6) is 2.25. The number of amides is 2. The highest BCUT2D eigenvalue weighted by atomic mass is 16.5. The largest absolute Gasteiger partial charge is 0.497 e. The number of nitrogens with one attached hydrogen (secondary N) is 2. The van der Waals surface area contributed by atoms with E-state index < -0.39 is 0 Å². The van der Waals surface area contributed by atoms with Crippen LogP contribution in [0.1, 0.15) is 41.7 Å². The van der Waals surface area contributed by atoms with Gasteiger partial charge in [-0.15, -0.1) is 0 Å². The fourth-order valence-corrected chi connectivity index (χ4v) is 3.60. The first-order chi connectivity index (χ1) is 14.5. The quantitative estimate of drug-likeness (QED) is 0.729. The van der Waals surface area contributed by atoms with Crippen molar-refractivity contribution in [3.8, 4) is 11.5 Å². The second kappa shape index (κ2) is 8.22. The molecule has 2 N–H and O–H groups in total. The minimum Gasteiger partial charge on any atom is -0.497 e. The van der Waals surface area contributed by atoms with Crippen LogP contribution in [0.4, 0.5) is 11.5 Å². The molecule has 1 aliphatic carbocycles. The van der Waals surface area contributed by atoms with E-state index in [1.54, 1.807) is 25.2 Å². The van der Waals surface area contributed by atoms with Crippen LogP contribution in [0.25, 0.3) is 0 Å². The fourth-order valence-electron chi connectivity index (χ4n) is 3.60. The molecule has 0 spiro atoms. The Labute approximate surface area is 175 Å². The topological polar surface area (TPSA) is 92.8 Å². The van der Waals surface area contributed by atoms with Gasteiger partial charge in [0.1, 0.15) is 17.3 Å². The molecule has 2 amide bonds. The number of fused-ring (bicyclic) bond motifs is 1. The molecule has 8 heteroatoms. The summed E-state index contributed by atoms with van der Waals surface area (Å²) in [6.07, 6.45) is 3.81. The number of nitrogens with zero attached hydrogens (tertiary/aromatic N) is 2. The van der Waals surface area contributed by atoms with E-state index in [9.17, 15) is 9.59 Å². The van der Waals surface area contributed by atoms with Crippen molar-refractivity contribution in [2.75, 3.05) is 37.5 Å². The maximum atomic E-state index is 12.9. The molecular weight excluding hydrogens is 384 g/mol. The first kappa shape index (κ1) is 20.0. The molecule has 2 aliphatic rings. The summed E-state index contributed by atoms with van der Waals surface area (Å²) in [4.78, 5) is 31.5. The molecule has 1 aliphatic heterocycles. The number of aromatic nitrogens is 1. The number of hydrogen-bond acceptors (Lipinski definition) is 6. The SMILES string of the molecule is COc1ccc(OC)c(C(C)NC(=O)c2cnc3c(c2)N(CC2CC2)C(=O)CN3)c1. The summed E-state index contributed by atoms with van der Waals surface area (Å²) >= 11 is 0. The maximum Gasteiger partial charge on any atom is 0.253 e. The van der Waals surface area contributed by atoms with Crippen LogP contribution in [0.3, 0.4) is 0 Å². The van der Waals surface area contributed by atoms with Crippen LogP contribution in [0, 0.1) is 5.92 Å². The van der Waals surface area contributed by atoms with Crippen molar-refractivity contribution in [3.05, 3.63) is 41.6 Å². The van der Waals surface area contributed by atoms with E-state index >= 15 is 0 Å². The third-order valence-corrected chi connectivity index (χ3v) is 5.52. The molecule has 0 saturated heterocycles. The van der Waals surface area contributed by atoms with Gasteiger partial charge < -0.3 is 25.0 Å². The van der Waals surface area contributed by atoms with Crippen LogP contribution < -0.4 is 25.0 Å². The van der Waals surface area contributed by atoms with Crippen molar-refractivity contribution < 1.29 is 19.1 Å². The predicted molar refractivity (Wildman–Crippen MR) is 113 cm³/mol. The Morgan fingerprint density at radius 2 is 2.10 bits per heavy atom. The summed E-state index contributed by atoms with van der Waals surface area (Å²) < 4.78 is 10.7. The zero-order valence-corrected chi connectivity index (χ0v) is 17.4. The van der Waals surface area contributed by atoms with E-state index in [-0.39, 0.29) is 24.4 Å². The van der Waals surface area contributed by atoms with Gasteiger partial charge in [0.2, 0.25) is 5.91 Å². The molecule has 158 valence electrons. The molecule has 1 aromatic heterocycles. The third-order valence-electron chi connectivity index (χ3n) is 5.52. The third kappa shape index (κ3) is 4.03. The smallest absolute Gasteiger partial charge is 0.253 e. The molecule has 4 rings (SSSR count). The number of benzene rings is 1. The van der Waals surface area contributed by atoms with Gasteiger partial charge in [0, 0.05) is 18.3 Å². The minimum atomic E-state index is -0.319. The number of methoxy groups -OCH3 is 2. The van der Waals surface area contributed by atoms with Gasteiger partial charge in [-0.05, 0) is 49.9 Å². The average Bonchev–Trinajstić information content (AvgIpc) is 3.59. The van der Waals surface area contributed by atoms with E-state index in [2.05, 4.69) is 15.6 Å². The first-order valence-electron chi connectivity index (χ1n) is 10.1. The summed E-state index contributed by atoms with van der Waals surface area (Å²) in [5, 5.41) is 6.02. The number of carbonyl (C=O) groups is 2. The number of pyridine rings is 1. The molecule has 1 fully saturated rings. The van der Waals surface area contributed by atoms with Gasteiger partial charge in [-0.25, -0.2) is 4.98 Å². The van der Waals surface area contributed by atoms with Gasteiger partial charge in [-0.3, -0.25) is 9.59 Å². The van der Waals surface area contributed by atoms with Gasteiger partial charge in [0.15, 0.2) is 0 Å². The van der Waals surface area contributed by atoms with Gasteiger partial charge in [0.25, 0.3) is 5.91 Å². The molecule has 1 aromatic carbocycles. The van der Waals surface area contributed by atoms with Crippen LogP contribution in [-0.2, 0) is 4.79 Å². The summed E-state index contributed by atoms with van der Waals surface area (Å²) in [5.41, 5.74) is 1.88. The normalized spacial score (nSPS) is 16.4. The van der Waals surface area contributed by atoms with E-state index in [1.165, 1.54) is 6.20 Å². The van der Waals surface area contributed by atoms with Gasteiger partial charge in [-0.1, -0.05) is 0 Å². The van der Waals surface area contributed by atoms with Gasteiger partial charge in [0.05, 0.1) is 38.1 Å². The highest BCUT2D eigenvalue weighted by Crippen LogP contribution is 2.35. The van der Waals surface area contributed by atoms with Crippen LogP contribution in [0.2, 0.25) is 0 Å². The molecule has 2 heterocycles. The lowest BCUT2D eigenvalue weighted by atomic mass is 10.1. The number of ether oxygens (including phenoxy) is 2. The monoisotopic (exact) mass is 410 g/mol. The number of hydrogen-bond donors (Lipinski definition) is 2. The van der Waals surface area contributed by atoms with Crippen LogP contribution in [0.5, 0.6) is 11.5 Å². The Morgan fingerprint density at radius 1 is 1.30 bits per heavy atom. The Morgan fingerprint density at radius 3 is 2.80 bits per heavy atom. The van der Waals surface area contributed by atoms with E-state index in [0.29, 0.717) is 41.0 Å². The predicted octanol–water partition coefficient (Wildman–Crippen LogP) is 2.76. The fraction of sp³-hybridized carbons (Fsp3) is 0.409. The lowest BCUT2D eigenvalue weighted by molar-refractivity contribution is -0.117. The second-order valence-electron chi connectivity index (χ2n) is 7.70. The molecular formula is C22H26N4O4. The molecule has 0 bridgehead atoms.